The summed E-state index contributed by atoms with van der Waals surface area (Å²) in [5.74, 6) is -0.758. The van der Waals surface area contributed by atoms with Gasteiger partial charge in [0.15, 0.2) is 10.8 Å². The lowest BCUT2D eigenvalue weighted by Crippen LogP contribution is -2.71. The number of amides is 3. The third kappa shape index (κ3) is 9.29. The highest BCUT2D eigenvalue weighted by Gasteiger charge is 2.54. The monoisotopic (exact) mass is 819 g/mol. The zero-order chi connectivity index (χ0) is 34.7. The summed E-state index contributed by atoms with van der Waals surface area (Å²) in [6.07, 6.45) is -0.755. The van der Waals surface area contributed by atoms with Gasteiger partial charge in [0.2, 0.25) is 0 Å². The van der Waals surface area contributed by atoms with E-state index in [0.717, 1.165) is 22.5 Å². The van der Waals surface area contributed by atoms with E-state index >= 15 is 0 Å². The zero-order valence-electron chi connectivity index (χ0n) is 26.8. The molecular formula is C30H35ClIN5O8S2. The first kappa shape index (κ1) is 36.7. The fraction of sp³-hybridized carbons (Fsp3) is 0.467. The molecule has 3 heterocycles. The van der Waals surface area contributed by atoms with E-state index in [1.807, 2.05) is 0 Å². The quantitative estimate of drug-likeness (QED) is 0.0784. The van der Waals surface area contributed by atoms with Gasteiger partial charge in [0, 0.05) is 10.2 Å². The van der Waals surface area contributed by atoms with Crippen LogP contribution in [0.1, 0.15) is 52.8 Å². The summed E-state index contributed by atoms with van der Waals surface area (Å²) in [6, 6.07) is 6.11. The number of hydrogen-bond donors (Lipinski definition) is 2. The molecule has 0 saturated carbocycles. The van der Waals surface area contributed by atoms with Gasteiger partial charge >= 0.3 is 12.1 Å². The number of halogens is 2. The van der Waals surface area contributed by atoms with E-state index in [2.05, 4.69) is 43.4 Å². The molecule has 17 heteroatoms. The van der Waals surface area contributed by atoms with Crippen molar-refractivity contribution in [1.29, 1.82) is 0 Å². The molecule has 1 aromatic carbocycles. The Morgan fingerprint density at radius 3 is 2.40 bits per heavy atom. The second-order valence-corrected chi connectivity index (χ2v) is 15.8. The molecule has 4 rings (SSSR count). The Morgan fingerprint density at radius 1 is 1.13 bits per heavy atom. The SMILES string of the molecule is COc1ccc(COC(=O)C2=C(CI)CSC3C(NC(=O)/C(=N/OC(C)(C)C)c4nc(NC(=O)OC(C)(C)C)sc4Cl)C(=O)N23)cc1. The van der Waals surface area contributed by atoms with Crippen molar-refractivity contribution < 1.29 is 38.2 Å². The van der Waals surface area contributed by atoms with Crippen LogP contribution in [0.3, 0.4) is 0 Å². The molecule has 0 radical (unpaired) electrons. The zero-order valence-corrected chi connectivity index (χ0v) is 31.3. The van der Waals surface area contributed by atoms with Crippen molar-refractivity contribution in [1.82, 2.24) is 15.2 Å². The normalized spacial score (nSPS) is 18.2. The van der Waals surface area contributed by atoms with Crippen molar-refractivity contribution in [3.63, 3.8) is 0 Å². The molecule has 1 aromatic heterocycles. The van der Waals surface area contributed by atoms with E-state index in [1.54, 1.807) is 72.9 Å². The number of methoxy groups -OCH3 is 1. The fourth-order valence-corrected chi connectivity index (χ4v) is 7.56. The Labute approximate surface area is 299 Å². The van der Waals surface area contributed by atoms with Crippen LogP contribution in [-0.4, -0.2) is 79.4 Å². The van der Waals surface area contributed by atoms with Gasteiger partial charge < -0.3 is 24.4 Å². The number of anilines is 1. The number of fused-ring (bicyclic) bond motifs is 1. The van der Waals surface area contributed by atoms with E-state index in [9.17, 15) is 19.2 Å². The van der Waals surface area contributed by atoms with Gasteiger partial charge in [-0.05, 0) is 64.8 Å². The van der Waals surface area contributed by atoms with Crippen molar-refractivity contribution in [2.45, 2.75) is 70.8 Å². The summed E-state index contributed by atoms with van der Waals surface area (Å²) in [7, 11) is 1.56. The van der Waals surface area contributed by atoms with Crippen molar-refractivity contribution in [3.8, 4) is 5.75 Å². The number of benzene rings is 1. The maximum Gasteiger partial charge on any atom is 0.413 e. The number of esters is 1. The number of thioether (sulfide) groups is 1. The Hall–Kier alpha value is -3.09. The van der Waals surface area contributed by atoms with Crippen molar-refractivity contribution in [2.24, 2.45) is 5.16 Å². The van der Waals surface area contributed by atoms with Gasteiger partial charge in [-0.25, -0.2) is 14.6 Å². The minimum atomic E-state index is -0.982. The van der Waals surface area contributed by atoms with Crippen LogP contribution in [0.2, 0.25) is 4.34 Å². The molecule has 0 aliphatic carbocycles. The standard InChI is InChI=1S/C30H35ClIN5O8S2/c1-29(2,3)44-28(41)35-27-34-18(22(31)47-27)19(36-45-30(4,5)6)23(38)33-20-24(39)37-21(16(12-32)14-46-25(20)37)26(40)43-13-15-8-10-17(42-7)11-9-15/h8-11,20,25H,12-14H2,1-7H3,(H,33,38)(H,34,35,41)/b36-19+. The average Bonchev–Trinajstić information content (AvgIpc) is 3.35. The fourth-order valence-electron chi connectivity index (χ4n) is 4.19. The van der Waals surface area contributed by atoms with Gasteiger partial charge in [-0.3, -0.25) is 19.8 Å². The van der Waals surface area contributed by atoms with E-state index in [-0.39, 0.29) is 33.2 Å². The van der Waals surface area contributed by atoms with E-state index in [4.69, 9.17) is 30.6 Å². The Balaban J connectivity index is 1.51. The molecule has 2 atom stereocenters. The molecular weight excluding hydrogens is 785 g/mol. The minimum absolute atomic E-state index is 0.00757. The first-order valence-electron chi connectivity index (χ1n) is 14.3. The lowest BCUT2D eigenvalue weighted by Gasteiger charge is -2.49. The van der Waals surface area contributed by atoms with Crippen LogP contribution in [0.25, 0.3) is 0 Å². The van der Waals surface area contributed by atoms with Gasteiger partial charge in [-0.15, -0.1) is 11.8 Å². The molecule has 0 spiro atoms. The molecule has 47 heavy (non-hydrogen) atoms. The van der Waals surface area contributed by atoms with Crippen LogP contribution in [0.4, 0.5) is 9.93 Å². The van der Waals surface area contributed by atoms with Crippen molar-refractivity contribution >= 4 is 92.0 Å². The number of β-lactam (4-membered cyclic amide) rings is 1. The molecule has 1 saturated heterocycles. The highest BCUT2D eigenvalue weighted by molar-refractivity contribution is 14.1. The minimum Gasteiger partial charge on any atom is -0.497 e. The van der Waals surface area contributed by atoms with Crippen LogP contribution in [0, 0.1) is 0 Å². The van der Waals surface area contributed by atoms with Gasteiger partial charge in [0.05, 0.1) is 7.11 Å². The van der Waals surface area contributed by atoms with E-state index in [0.29, 0.717) is 15.9 Å². The van der Waals surface area contributed by atoms with Crippen molar-refractivity contribution in [3.05, 3.63) is 51.1 Å². The topological polar surface area (TPSA) is 158 Å². The summed E-state index contributed by atoms with van der Waals surface area (Å²) in [5, 5.41) is 8.76. The lowest BCUT2D eigenvalue weighted by atomic mass is 10.0. The van der Waals surface area contributed by atoms with Crippen LogP contribution >= 0.6 is 57.3 Å². The molecule has 254 valence electrons. The van der Waals surface area contributed by atoms with Crippen molar-refractivity contribution in [2.75, 3.05) is 22.6 Å². The van der Waals surface area contributed by atoms with Gasteiger partial charge in [0.25, 0.3) is 11.8 Å². The first-order chi connectivity index (χ1) is 22.0. The number of carbonyl (C=O) groups is 4. The molecule has 2 aliphatic heterocycles. The Kier molecular flexibility index (Phi) is 11.7. The molecule has 2 unspecified atom stereocenters. The molecule has 2 N–H and O–H groups in total. The number of oxime groups is 1. The number of aromatic nitrogens is 1. The first-order valence-corrected chi connectivity index (χ1v) is 18.0. The number of hydrogen-bond acceptors (Lipinski definition) is 12. The Bertz CT molecular complexity index is 1600. The summed E-state index contributed by atoms with van der Waals surface area (Å²) < 4.78 is 16.6. The number of rotatable bonds is 10. The highest BCUT2D eigenvalue weighted by Crippen LogP contribution is 2.41. The highest BCUT2D eigenvalue weighted by atomic mass is 127. The molecule has 1 fully saturated rings. The second-order valence-electron chi connectivity index (χ2n) is 12.3. The lowest BCUT2D eigenvalue weighted by molar-refractivity contribution is -0.153. The van der Waals surface area contributed by atoms with E-state index < -0.39 is 46.5 Å². The maximum atomic E-state index is 13.7. The number of ether oxygens (including phenoxy) is 3. The average molecular weight is 820 g/mol. The predicted molar refractivity (Wildman–Crippen MR) is 188 cm³/mol. The summed E-state index contributed by atoms with van der Waals surface area (Å²) in [5.41, 5.74) is -0.196. The van der Waals surface area contributed by atoms with Crippen LogP contribution in [0.15, 0.2) is 40.7 Å². The molecule has 0 bridgehead atoms. The second kappa shape index (κ2) is 15.0. The molecule has 2 aliphatic rings. The Morgan fingerprint density at radius 2 is 1.81 bits per heavy atom. The summed E-state index contributed by atoms with van der Waals surface area (Å²) in [4.78, 5) is 64.0. The molecule has 2 aromatic rings. The van der Waals surface area contributed by atoms with Crippen LogP contribution in [0.5, 0.6) is 5.75 Å². The number of thiazole rings is 1. The number of carbonyl (C=O) groups excluding carboxylic acids is 4. The predicted octanol–water partition coefficient (Wildman–Crippen LogP) is 5.50. The largest absolute Gasteiger partial charge is 0.497 e. The smallest absolute Gasteiger partial charge is 0.413 e. The molecule has 13 nitrogen and oxygen atoms in total. The molecule has 3 amide bonds. The number of alkyl halides is 1. The number of nitrogens with one attached hydrogen (secondary N) is 2. The van der Waals surface area contributed by atoms with Gasteiger partial charge in [-0.2, -0.15) is 0 Å². The van der Waals surface area contributed by atoms with E-state index in [1.165, 1.54) is 16.7 Å². The van der Waals surface area contributed by atoms with Crippen LogP contribution in [-0.2, 0) is 35.3 Å². The van der Waals surface area contributed by atoms with Crippen LogP contribution < -0.4 is 15.4 Å². The summed E-state index contributed by atoms with van der Waals surface area (Å²) in [6.45, 7) is 10.4. The maximum absolute atomic E-state index is 13.7. The van der Waals surface area contributed by atoms with Gasteiger partial charge in [-0.1, -0.05) is 62.8 Å². The summed E-state index contributed by atoms with van der Waals surface area (Å²) >= 11 is 10.9. The number of nitrogens with zero attached hydrogens (tertiary/aromatic N) is 3. The van der Waals surface area contributed by atoms with Gasteiger partial charge in [0.1, 0.15) is 50.7 Å². The third-order valence-corrected chi connectivity index (χ3v) is 9.69. The third-order valence-electron chi connectivity index (χ3n) is 6.26.